The topological polar surface area (TPSA) is 97.9 Å². The fraction of sp³-hybridized carbons (Fsp3) is 0.412. The number of carbonyl (C=O) groups is 1. The molecule has 3 aromatic heterocycles. The van der Waals surface area contributed by atoms with E-state index in [9.17, 15) is 4.79 Å². The van der Waals surface area contributed by atoms with Crippen molar-refractivity contribution in [2.45, 2.75) is 25.7 Å². The fourth-order valence-corrected chi connectivity index (χ4v) is 3.22. The van der Waals surface area contributed by atoms with Crippen LogP contribution in [-0.2, 0) is 7.05 Å². The summed E-state index contributed by atoms with van der Waals surface area (Å²) in [7, 11) is 1.84. The normalized spacial score (nSPS) is 15.6. The number of rotatable bonds is 3. The Morgan fingerprint density at radius 3 is 2.92 bits per heavy atom. The van der Waals surface area contributed by atoms with Crippen molar-refractivity contribution in [1.82, 2.24) is 25.1 Å². The lowest BCUT2D eigenvalue weighted by atomic mass is 9.98. The molecule has 0 atom stereocenters. The van der Waals surface area contributed by atoms with Gasteiger partial charge in [0, 0.05) is 18.4 Å². The summed E-state index contributed by atoms with van der Waals surface area (Å²) in [6.07, 6.45) is 5.06. The van der Waals surface area contributed by atoms with Gasteiger partial charge in [-0.15, -0.1) is 0 Å². The van der Waals surface area contributed by atoms with Crippen molar-refractivity contribution in [2.75, 3.05) is 18.4 Å². The van der Waals surface area contributed by atoms with Crippen LogP contribution in [0.3, 0.4) is 0 Å². The lowest BCUT2D eigenvalue weighted by molar-refractivity contribution is 0.0993. The molecule has 1 aliphatic heterocycles. The number of aromatic nitrogens is 4. The molecule has 1 aliphatic rings. The molecule has 4 rings (SSSR count). The third kappa shape index (κ3) is 3.00. The number of fused-ring (bicyclic) bond motifs is 1. The van der Waals surface area contributed by atoms with Crippen LogP contribution >= 0.6 is 0 Å². The minimum atomic E-state index is -0.324. The Labute approximate surface area is 144 Å². The van der Waals surface area contributed by atoms with Crippen molar-refractivity contribution in [1.29, 1.82) is 0 Å². The van der Waals surface area contributed by atoms with Crippen LogP contribution in [0.25, 0.3) is 11.0 Å². The maximum Gasteiger partial charge on any atom is 0.293 e. The van der Waals surface area contributed by atoms with E-state index in [-0.39, 0.29) is 17.6 Å². The van der Waals surface area contributed by atoms with Gasteiger partial charge >= 0.3 is 0 Å². The van der Waals surface area contributed by atoms with Crippen LogP contribution in [-0.4, -0.2) is 38.7 Å². The van der Waals surface area contributed by atoms with Gasteiger partial charge in [-0.25, -0.2) is 9.97 Å². The zero-order valence-corrected chi connectivity index (χ0v) is 14.2. The highest BCUT2D eigenvalue weighted by Crippen LogP contribution is 2.25. The van der Waals surface area contributed by atoms with Gasteiger partial charge in [-0.05, 0) is 38.9 Å². The van der Waals surface area contributed by atoms with Crippen LogP contribution in [0.4, 0.5) is 5.69 Å². The second-order valence-corrected chi connectivity index (χ2v) is 6.35. The molecule has 8 heteroatoms. The molecule has 0 spiro atoms. The first-order chi connectivity index (χ1) is 12.1. The SMILES string of the molecule is Cc1nn(C)c2ncc(NC(=O)c3cnc(C4CCNCC4)o3)cc12. The number of aryl methyl sites for hydroxylation is 2. The van der Waals surface area contributed by atoms with E-state index >= 15 is 0 Å². The number of oxazole rings is 1. The van der Waals surface area contributed by atoms with Crippen molar-refractivity contribution in [3.05, 3.63) is 35.8 Å². The molecule has 4 heterocycles. The number of carbonyl (C=O) groups excluding carboxylic acids is 1. The average molecular weight is 340 g/mol. The number of nitrogens with zero attached hydrogens (tertiary/aromatic N) is 4. The first-order valence-corrected chi connectivity index (χ1v) is 8.39. The summed E-state index contributed by atoms with van der Waals surface area (Å²) in [5.74, 6) is 0.814. The van der Waals surface area contributed by atoms with E-state index in [0.717, 1.165) is 42.7 Å². The maximum absolute atomic E-state index is 12.4. The van der Waals surface area contributed by atoms with Gasteiger partial charge in [-0.3, -0.25) is 9.48 Å². The lowest BCUT2D eigenvalue weighted by Gasteiger charge is -2.19. The van der Waals surface area contributed by atoms with E-state index in [2.05, 4.69) is 25.7 Å². The molecule has 25 heavy (non-hydrogen) atoms. The summed E-state index contributed by atoms with van der Waals surface area (Å²) in [6, 6.07) is 1.87. The molecule has 0 aromatic carbocycles. The third-order valence-corrected chi connectivity index (χ3v) is 4.56. The smallest absolute Gasteiger partial charge is 0.293 e. The Morgan fingerprint density at radius 2 is 2.12 bits per heavy atom. The Balaban J connectivity index is 1.52. The van der Waals surface area contributed by atoms with Crippen molar-refractivity contribution in [3.63, 3.8) is 0 Å². The van der Waals surface area contributed by atoms with Crippen LogP contribution in [0.15, 0.2) is 22.9 Å². The van der Waals surface area contributed by atoms with Gasteiger partial charge in [0.1, 0.15) is 0 Å². The number of piperidine rings is 1. The summed E-state index contributed by atoms with van der Waals surface area (Å²) in [5.41, 5.74) is 2.26. The number of amides is 1. The first kappa shape index (κ1) is 15.8. The van der Waals surface area contributed by atoms with Gasteiger partial charge in [0.05, 0.1) is 23.8 Å². The highest BCUT2D eigenvalue weighted by atomic mass is 16.4. The van der Waals surface area contributed by atoms with Crippen molar-refractivity contribution < 1.29 is 9.21 Å². The summed E-state index contributed by atoms with van der Waals surface area (Å²) in [6.45, 7) is 3.81. The molecule has 1 amide bonds. The Morgan fingerprint density at radius 1 is 1.32 bits per heavy atom. The van der Waals surface area contributed by atoms with Crippen LogP contribution in [0.2, 0.25) is 0 Å². The quantitative estimate of drug-likeness (QED) is 0.756. The van der Waals surface area contributed by atoms with E-state index in [4.69, 9.17) is 4.42 Å². The summed E-state index contributed by atoms with van der Waals surface area (Å²) in [5, 5.41) is 11.4. The minimum Gasteiger partial charge on any atom is -0.435 e. The molecular formula is C17H20N6O2. The van der Waals surface area contributed by atoms with E-state index in [0.29, 0.717) is 11.6 Å². The van der Waals surface area contributed by atoms with E-state index in [1.165, 1.54) is 6.20 Å². The van der Waals surface area contributed by atoms with Crippen molar-refractivity contribution in [2.24, 2.45) is 7.05 Å². The average Bonchev–Trinajstić information content (AvgIpc) is 3.22. The van der Waals surface area contributed by atoms with Crippen LogP contribution in [0.1, 0.15) is 40.9 Å². The molecule has 0 unspecified atom stereocenters. The monoisotopic (exact) mass is 340 g/mol. The van der Waals surface area contributed by atoms with Gasteiger partial charge < -0.3 is 15.1 Å². The molecule has 8 nitrogen and oxygen atoms in total. The van der Waals surface area contributed by atoms with E-state index in [1.807, 2.05) is 20.0 Å². The summed E-state index contributed by atoms with van der Waals surface area (Å²) >= 11 is 0. The molecule has 2 N–H and O–H groups in total. The standard InChI is InChI=1S/C17H20N6O2/c1-10-13-7-12(8-19-15(13)23(2)22-10)21-16(24)14-9-20-17(25-14)11-3-5-18-6-4-11/h7-9,11,18H,3-6H2,1-2H3,(H,21,24). The lowest BCUT2D eigenvalue weighted by Crippen LogP contribution is -2.26. The summed E-state index contributed by atoms with van der Waals surface area (Å²) < 4.78 is 7.40. The Kier molecular flexibility index (Phi) is 3.96. The molecule has 1 saturated heterocycles. The van der Waals surface area contributed by atoms with Crippen LogP contribution < -0.4 is 10.6 Å². The maximum atomic E-state index is 12.4. The van der Waals surface area contributed by atoms with Crippen LogP contribution in [0, 0.1) is 6.92 Å². The number of nitrogens with one attached hydrogen (secondary N) is 2. The molecule has 130 valence electrons. The highest BCUT2D eigenvalue weighted by Gasteiger charge is 2.22. The number of hydrogen-bond acceptors (Lipinski definition) is 6. The Hall–Kier alpha value is -2.74. The minimum absolute atomic E-state index is 0.219. The number of hydrogen-bond donors (Lipinski definition) is 2. The molecular weight excluding hydrogens is 320 g/mol. The number of anilines is 1. The van der Waals surface area contributed by atoms with Crippen molar-refractivity contribution in [3.8, 4) is 0 Å². The molecule has 0 saturated carbocycles. The van der Waals surface area contributed by atoms with Gasteiger partial charge in [-0.1, -0.05) is 0 Å². The molecule has 0 radical (unpaired) electrons. The Bertz CT molecular complexity index is 923. The molecule has 3 aromatic rings. The zero-order valence-electron chi connectivity index (χ0n) is 14.2. The predicted octanol–water partition coefficient (Wildman–Crippen LogP) is 1.98. The van der Waals surface area contributed by atoms with Gasteiger partial charge in [-0.2, -0.15) is 5.10 Å². The van der Waals surface area contributed by atoms with E-state index in [1.54, 1.807) is 10.9 Å². The zero-order chi connectivity index (χ0) is 17.4. The predicted molar refractivity (Wildman–Crippen MR) is 92.5 cm³/mol. The van der Waals surface area contributed by atoms with Gasteiger partial charge in [0.2, 0.25) is 5.76 Å². The fourth-order valence-electron chi connectivity index (χ4n) is 3.22. The van der Waals surface area contributed by atoms with Crippen molar-refractivity contribution >= 4 is 22.6 Å². The number of pyridine rings is 1. The first-order valence-electron chi connectivity index (χ1n) is 8.39. The van der Waals surface area contributed by atoms with Crippen LogP contribution in [0.5, 0.6) is 0 Å². The molecule has 1 fully saturated rings. The van der Waals surface area contributed by atoms with Gasteiger partial charge in [0.25, 0.3) is 5.91 Å². The largest absolute Gasteiger partial charge is 0.435 e. The van der Waals surface area contributed by atoms with E-state index < -0.39 is 0 Å². The third-order valence-electron chi connectivity index (χ3n) is 4.56. The second-order valence-electron chi connectivity index (χ2n) is 6.35. The highest BCUT2D eigenvalue weighted by molar-refractivity contribution is 6.02. The molecule has 0 bridgehead atoms. The second kappa shape index (κ2) is 6.29. The molecule has 0 aliphatic carbocycles. The van der Waals surface area contributed by atoms with Gasteiger partial charge in [0.15, 0.2) is 11.5 Å². The summed E-state index contributed by atoms with van der Waals surface area (Å²) in [4.78, 5) is 21.1.